The van der Waals surface area contributed by atoms with Gasteiger partial charge in [0.15, 0.2) is 0 Å². The van der Waals surface area contributed by atoms with E-state index in [-0.39, 0.29) is 5.97 Å². The molecule has 0 aliphatic heterocycles. The molecule has 0 radical (unpaired) electrons. The summed E-state index contributed by atoms with van der Waals surface area (Å²) >= 11 is 0. The van der Waals surface area contributed by atoms with Crippen LogP contribution in [0.2, 0.25) is 0 Å². The summed E-state index contributed by atoms with van der Waals surface area (Å²) in [6.07, 6.45) is 0.978. The van der Waals surface area contributed by atoms with Gasteiger partial charge < -0.3 is 4.74 Å². The summed E-state index contributed by atoms with van der Waals surface area (Å²) in [5, 5.41) is 0. The first-order valence-corrected chi connectivity index (χ1v) is 6.07. The van der Waals surface area contributed by atoms with Gasteiger partial charge in [0.25, 0.3) is 0 Å². The molecule has 0 saturated heterocycles. The highest BCUT2D eigenvalue weighted by molar-refractivity contribution is 5.92. The monoisotopic (exact) mass is 240 g/mol. The number of carbonyl (C=O) groups excluding carboxylic acids is 1. The molecule has 0 N–H and O–H groups in total. The smallest absolute Gasteiger partial charge is 0.343 e. The number of benzene rings is 2. The lowest BCUT2D eigenvalue weighted by Crippen LogP contribution is -2.09. The van der Waals surface area contributed by atoms with Crippen molar-refractivity contribution in [2.75, 3.05) is 0 Å². The average molecular weight is 240 g/mol. The van der Waals surface area contributed by atoms with Gasteiger partial charge in [-0.25, -0.2) is 4.79 Å². The maximum atomic E-state index is 12.0. The second-order valence-electron chi connectivity index (χ2n) is 4.20. The third-order valence-electron chi connectivity index (χ3n) is 2.91. The van der Waals surface area contributed by atoms with E-state index in [4.69, 9.17) is 4.74 Å². The number of ether oxygens (including phenoxy) is 1. The van der Waals surface area contributed by atoms with Crippen LogP contribution in [0.4, 0.5) is 0 Å². The van der Waals surface area contributed by atoms with Gasteiger partial charge in [0.1, 0.15) is 5.75 Å². The first-order chi connectivity index (χ1) is 8.70. The molecule has 0 atom stereocenters. The van der Waals surface area contributed by atoms with Crippen LogP contribution in [0.3, 0.4) is 0 Å². The molecule has 2 heteroatoms. The highest BCUT2D eigenvalue weighted by Crippen LogP contribution is 2.16. The molecule has 0 aromatic heterocycles. The Morgan fingerprint density at radius 3 is 2.33 bits per heavy atom. The van der Waals surface area contributed by atoms with Gasteiger partial charge in [-0.1, -0.05) is 37.3 Å². The van der Waals surface area contributed by atoms with Gasteiger partial charge in [-0.2, -0.15) is 0 Å². The molecule has 2 aromatic carbocycles. The molecule has 2 nitrogen and oxygen atoms in total. The third-order valence-corrected chi connectivity index (χ3v) is 2.91. The fraction of sp³-hybridized carbons (Fsp3) is 0.188. The lowest BCUT2D eigenvalue weighted by atomic mass is 10.1. The molecular weight excluding hydrogens is 224 g/mol. The van der Waals surface area contributed by atoms with Crippen molar-refractivity contribution in [3.63, 3.8) is 0 Å². The van der Waals surface area contributed by atoms with E-state index >= 15 is 0 Å². The van der Waals surface area contributed by atoms with E-state index in [1.54, 1.807) is 6.07 Å². The van der Waals surface area contributed by atoms with Gasteiger partial charge in [-0.15, -0.1) is 0 Å². The highest BCUT2D eigenvalue weighted by Gasteiger charge is 2.10. The van der Waals surface area contributed by atoms with E-state index in [1.807, 2.05) is 49.4 Å². The van der Waals surface area contributed by atoms with E-state index in [2.05, 4.69) is 6.92 Å². The number of aryl methyl sites for hydroxylation is 2. The first kappa shape index (κ1) is 12.4. The quantitative estimate of drug-likeness (QED) is 0.603. The minimum Gasteiger partial charge on any atom is -0.423 e. The average Bonchev–Trinajstić information content (AvgIpc) is 2.40. The predicted molar refractivity (Wildman–Crippen MR) is 72.0 cm³/mol. The third kappa shape index (κ3) is 2.77. The summed E-state index contributed by atoms with van der Waals surface area (Å²) in [5.41, 5.74) is 2.76. The Labute approximate surface area is 107 Å². The van der Waals surface area contributed by atoms with Crippen LogP contribution in [-0.2, 0) is 6.42 Å². The number of carbonyl (C=O) groups is 1. The van der Waals surface area contributed by atoms with Crippen molar-refractivity contribution in [1.29, 1.82) is 0 Å². The minimum atomic E-state index is -0.308. The second-order valence-corrected chi connectivity index (χ2v) is 4.20. The zero-order valence-electron chi connectivity index (χ0n) is 10.6. The number of hydrogen-bond acceptors (Lipinski definition) is 2. The molecule has 0 aliphatic carbocycles. The Hall–Kier alpha value is -2.09. The van der Waals surface area contributed by atoms with Gasteiger partial charge in [0.2, 0.25) is 0 Å². The maximum Gasteiger partial charge on any atom is 0.343 e. The second kappa shape index (κ2) is 5.50. The topological polar surface area (TPSA) is 26.3 Å². The molecule has 0 amide bonds. The van der Waals surface area contributed by atoms with Crippen LogP contribution < -0.4 is 4.74 Å². The Morgan fingerprint density at radius 1 is 1.06 bits per heavy atom. The molecule has 0 saturated carbocycles. The molecule has 2 rings (SSSR count). The molecule has 0 heterocycles. The van der Waals surface area contributed by atoms with Crippen LogP contribution in [0, 0.1) is 6.92 Å². The normalized spacial score (nSPS) is 10.1. The first-order valence-electron chi connectivity index (χ1n) is 6.07. The molecule has 18 heavy (non-hydrogen) atoms. The molecule has 0 aliphatic rings. The molecule has 0 unspecified atom stereocenters. The molecule has 0 fully saturated rings. The van der Waals surface area contributed by atoms with Crippen LogP contribution in [0.1, 0.15) is 28.4 Å². The Balaban J connectivity index is 2.14. The summed E-state index contributed by atoms with van der Waals surface area (Å²) in [4.78, 5) is 12.0. The standard InChI is InChI=1S/C16H16O2/c1-3-13-8-10-14(11-9-13)18-16(17)15-7-5-4-6-12(15)2/h4-11H,3H2,1-2H3. The van der Waals surface area contributed by atoms with Gasteiger partial charge in [0.05, 0.1) is 5.56 Å². The van der Waals surface area contributed by atoms with Crippen molar-refractivity contribution >= 4 is 5.97 Å². The van der Waals surface area contributed by atoms with Crippen molar-refractivity contribution in [2.45, 2.75) is 20.3 Å². The molecular formula is C16H16O2. The van der Waals surface area contributed by atoms with E-state index in [0.717, 1.165) is 12.0 Å². The van der Waals surface area contributed by atoms with Crippen molar-refractivity contribution in [2.24, 2.45) is 0 Å². The number of hydrogen-bond donors (Lipinski definition) is 0. The zero-order chi connectivity index (χ0) is 13.0. The summed E-state index contributed by atoms with van der Waals surface area (Å²) in [6.45, 7) is 3.99. The molecule has 0 bridgehead atoms. The zero-order valence-corrected chi connectivity index (χ0v) is 10.6. The van der Waals surface area contributed by atoms with Crippen LogP contribution in [0.5, 0.6) is 5.75 Å². The van der Waals surface area contributed by atoms with Gasteiger partial charge in [0, 0.05) is 0 Å². The SMILES string of the molecule is CCc1ccc(OC(=O)c2ccccc2C)cc1. The largest absolute Gasteiger partial charge is 0.423 e. The Kier molecular flexibility index (Phi) is 3.78. The van der Waals surface area contributed by atoms with Crippen LogP contribution in [0.15, 0.2) is 48.5 Å². The molecule has 2 aromatic rings. The molecule has 92 valence electrons. The summed E-state index contributed by atoms with van der Waals surface area (Å²) in [5.74, 6) is 0.276. The predicted octanol–water partition coefficient (Wildman–Crippen LogP) is 3.78. The van der Waals surface area contributed by atoms with Crippen LogP contribution >= 0.6 is 0 Å². The highest BCUT2D eigenvalue weighted by atomic mass is 16.5. The number of rotatable bonds is 3. The van der Waals surface area contributed by atoms with Gasteiger partial charge >= 0.3 is 5.97 Å². The fourth-order valence-corrected chi connectivity index (χ4v) is 1.76. The molecule has 0 spiro atoms. The minimum absolute atomic E-state index is 0.308. The van der Waals surface area contributed by atoms with E-state index in [1.165, 1.54) is 5.56 Å². The van der Waals surface area contributed by atoms with E-state index in [9.17, 15) is 4.79 Å². The van der Waals surface area contributed by atoms with Crippen molar-refractivity contribution in [3.8, 4) is 5.75 Å². The lowest BCUT2D eigenvalue weighted by molar-refractivity contribution is 0.0734. The fourth-order valence-electron chi connectivity index (χ4n) is 1.76. The van der Waals surface area contributed by atoms with Crippen molar-refractivity contribution < 1.29 is 9.53 Å². The van der Waals surface area contributed by atoms with Crippen molar-refractivity contribution in [1.82, 2.24) is 0 Å². The Bertz CT molecular complexity index is 541. The lowest BCUT2D eigenvalue weighted by Gasteiger charge is -2.07. The Morgan fingerprint density at radius 2 is 1.72 bits per heavy atom. The van der Waals surface area contributed by atoms with Crippen molar-refractivity contribution in [3.05, 3.63) is 65.2 Å². The van der Waals surface area contributed by atoms with Gasteiger partial charge in [-0.05, 0) is 42.7 Å². The summed E-state index contributed by atoms with van der Waals surface area (Å²) in [6, 6.07) is 15.0. The summed E-state index contributed by atoms with van der Waals surface area (Å²) < 4.78 is 5.34. The van der Waals surface area contributed by atoms with Gasteiger partial charge in [-0.3, -0.25) is 0 Å². The van der Waals surface area contributed by atoms with E-state index in [0.29, 0.717) is 11.3 Å². The summed E-state index contributed by atoms with van der Waals surface area (Å²) in [7, 11) is 0. The maximum absolute atomic E-state index is 12.0. The van der Waals surface area contributed by atoms with E-state index < -0.39 is 0 Å². The van der Waals surface area contributed by atoms with Crippen LogP contribution in [0.25, 0.3) is 0 Å². The number of esters is 1. The van der Waals surface area contributed by atoms with Crippen LogP contribution in [-0.4, -0.2) is 5.97 Å².